The van der Waals surface area contributed by atoms with Gasteiger partial charge in [0, 0.05) is 12.7 Å². The minimum Gasteiger partial charge on any atom is -0.278 e. The Morgan fingerprint density at radius 3 is 1.90 bits per heavy atom. The highest BCUT2D eigenvalue weighted by atomic mass is 16.2. The summed E-state index contributed by atoms with van der Waals surface area (Å²) in [6.45, 7) is 8.00. The van der Waals surface area contributed by atoms with Gasteiger partial charge in [-0.1, -0.05) is 45.9 Å². The molecule has 0 bridgehead atoms. The number of likely N-dealkylation sites (N-methyl/N-ethyl adjacent to an activating group) is 1. The molecule has 4 nitrogen and oxygen atoms in total. The fraction of sp³-hybridized carbons (Fsp3) is 0.500. The van der Waals surface area contributed by atoms with Gasteiger partial charge >= 0.3 is 6.03 Å². The molecule has 3 amide bonds. The van der Waals surface area contributed by atoms with Crippen molar-refractivity contribution in [3.8, 4) is 0 Å². The van der Waals surface area contributed by atoms with E-state index in [1.165, 1.54) is 4.90 Å². The van der Waals surface area contributed by atoms with Gasteiger partial charge in [0.25, 0.3) is 5.91 Å². The van der Waals surface area contributed by atoms with Crippen LogP contribution in [0.3, 0.4) is 0 Å². The summed E-state index contributed by atoms with van der Waals surface area (Å²) in [5, 5.41) is 0. The van der Waals surface area contributed by atoms with Crippen molar-refractivity contribution in [1.29, 1.82) is 0 Å². The van der Waals surface area contributed by atoms with Crippen LogP contribution in [0.25, 0.3) is 0 Å². The molecule has 20 heavy (non-hydrogen) atoms. The van der Waals surface area contributed by atoms with Crippen molar-refractivity contribution < 1.29 is 9.59 Å². The molecule has 1 aliphatic rings. The van der Waals surface area contributed by atoms with Gasteiger partial charge < -0.3 is 0 Å². The lowest BCUT2D eigenvalue weighted by atomic mass is 9.75. The van der Waals surface area contributed by atoms with Crippen LogP contribution in [0, 0.1) is 11.8 Å². The van der Waals surface area contributed by atoms with Crippen LogP contribution in [-0.2, 0) is 4.79 Å². The average Bonchev–Trinajstić information content (AvgIpc) is 2.61. The van der Waals surface area contributed by atoms with Gasteiger partial charge in [-0.2, -0.15) is 0 Å². The number of rotatable bonds is 3. The maximum Gasteiger partial charge on any atom is 0.331 e. The van der Waals surface area contributed by atoms with E-state index in [2.05, 4.69) is 0 Å². The lowest BCUT2D eigenvalue weighted by Crippen LogP contribution is -2.58. The van der Waals surface area contributed by atoms with Gasteiger partial charge in [-0.15, -0.1) is 0 Å². The highest BCUT2D eigenvalue weighted by molar-refractivity contribution is 6.17. The summed E-state index contributed by atoms with van der Waals surface area (Å²) in [6.07, 6.45) is 0. The number of hydrogen-bond acceptors (Lipinski definition) is 2. The van der Waals surface area contributed by atoms with Crippen LogP contribution in [0.1, 0.15) is 27.7 Å². The fourth-order valence-electron chi connectivity index (χ4n) is 3.34. The molecule has 1 saturated heterocycles. The number of benzene rings is 1. The summed E-state index contributed by atoms with van der Waals surface area (Å²) in [6, 6.07) is 9.19. The largest absolute Gasteiger partial charge is 0.331 e. The first-order valence-corrected chi connectivity index (χ1v) is 7.02. The van der Waals surface area contributed by atoms with Crippen LogP contribution in [0.15, 0.2) is 30.3 Å². The van der Waals surface area contributed by atoms with E-state index in [0.717, 1.165) is 5.69 Å². The number of nitrogens with zero attached hydrogens (tertiary/aromatic N) is 2. The third kappa shape index (κ3) is 1.74. The molecule has 0 saturated carbocycles. The maximum absolute atomic E-state index is 12.8. The van der Waals surface area contributed by atoms with Crippen molar-refractivity contribution in [2.24, 2.45) is 11.8 Å². The predicted octanol–water partition coefficient (Wildman–Crippen LogP) is 3.14. The molecule has 1 aromatic carbocycles. The summed E-state index contributed by atoms with van der Waals surface area (Å²) in [5.74, 6) is -0.0513. The molecule has 1 heterocycles. The first-order chi connectivity index (χ1) is 9.35. The second-order valence-corrected chi connectivity index (χ2v) is 5.95. The third-order valence-corrected chi connectivity index (χ3v) is 4.27. The summed E-state index contributed by atoms with van der Waals surface area (Å²) in [5.41, 5.74) is -0.0368. The van der Waals surface area contributed by atoms with Gasteiger partial charge in [0.2, 0.25) is 0 Å². The molecular formula is C16H22N2O2. The molecule has 0 unspecified atom stereocenters. The van der Waals surface area contributed by atoms with E-state index < -0.39 is 5.54 Å². The molecule has 0 atom stereocenters. The zero-order valence-corrected chi connectivity index (χ0v) is 12.8. The number of imide groups is 1. The van der Waals surface area contributed by atoms with Crippen molar-refractivity contribution in [2.45, 2.75) is 33.2 Å². The molecule has 0 aromatic heterocycles. The number of carbonyl (C=O) groups excluding carboxylic acids is 2. The first-order valence-electron chi connectivity index (χ1n) is 7.02. The van der Waals surface area contributed by atoms with Crippen molar-refractivity contribution in [3.05, 3.63) is 30.3 Å². The summed E-state index contributed by atoms with van der Waals surface area (Å²) >= 11 is 0. The monoisotopic (exact) mass is 274 g/mol. The van der Waals surface area contributed by atoms with Crippen molar-refractivity contribution in [1.82, 2.24) is 4.90 Å². The predicted molar refractivity (Wildman–Crippen MR) is 79.5 cm³/mol. The molecule has 1 aromatic rings. The number of anilines is 1. The van der Waals surface area contributed by atoms with E-state index in [4.69, 9.17) is 0 Å². The van der Waals surface area contributed by atoms with Gasteiger partial charge in [-0.3, -0.25) is 14.6 Å². The van der Waals surface area contributed by atoms with E-state index in [1.807, 2.05) is 58.0 Å². The Labute approximate surface area is 120 Å². The van der Waals surface area contributed by atoms with Crippen molar-refractivity contribution in [3.63, 3.8) is 0 Å². The second-order valence-electron chi connectivity index (χ2n) is 5.95. The maximum atomic E-state index is 12.8. The summed E-state index contributed by atoms with van der Waals surface area (Å²) in [7, 11) is 1.56. The van der Waals surface area contributed by atoms with Crippen molar-refractivity contribution >= 4 is 17.6 Å². The topological polar surface area (TPSA) is 40.6 Å². The van der Waals surface area contributed by atoms with Gasteiger partial charge in [-0.05, 0) is 24.0 Å². The second kappa shape index (κ2) is 4.93. The molecule has 108 valence electrons. The number of amides is 3. The highest BCUT2D eigenvalue weighted by Gasteiger charge is 2.60. The molecule has 1 fully saturated rings. The van der Waals surface area contributed by atoms with Crippen LogP contribution >= 0.6 is 0 Å². The van der Waals surface area contributed by atoms with E-state index >= 15 is 0 Å². The summed E-state index contributed by atoms with van der Waals surface area (Å²) in [4.78, 5) is 28.3. The minimum atomic E-state index is -0.812. The first kappa shape index (κ1) is 14.6. The standard InChI is InChI=1S/C16H22N2O2/c1-11(2)16(12(3)4)14(19)17(5)15(20)18(16)13-9-7-6-8-10-13/h6-12H,1-5H3. The zero-order chi connectivity index (χ0) is 15.1. The Morgan fingerprint density at radius 2 is 1.45 bits per heavy atom. The molecule has 2 rings (SSSR count). The molecule has 0 spiro atoms. The van der Waals surface area contributed by atoms with E-state index in [0.29, 0.717) is 0 Å². The Morgan fingerprint density at radius 1 is 0.950 bits per heavy atom. The third-order valence-electron chi connectivity index (χ3n) is 4.27. The quantitative estimate of drug-likeness (QED) is 0.794. The molecule has 0 radical (unpaired) electrons. The van der Waals surface area contributed by atoms with Gasteiger partial charge in [0.15, 0.2) is 0 Å². The van der Waals surface area contributed by atoms with Gasteiger partial charge in [0.1, 0.15) is 5.54 Å². The Bertz CT molecular complexity index is 515. The Balaban J connectivity index is 2.67. The van der Waals surface area contributed by atoms with Crippen molar-refractivity contribution in [2.75, 3.05) is 11.9 Å². The fourth-order valence-corrected chi connectivity index (χ4v) is 3.34. The molecular weight excluding hydrogens is 252 g/mol. The van der Waals surface area contributed by atoms with E-state index in [9.17, 15) is 9.59 Å². The van der Waals surface area contributed by atoms with Crippen LogP contribution < -0.4 is 4.90 Å². The number of hydrogen-bond donors (Lipinski definition) is 0. The van der Waals surface area contributed by atoms with E-state index in [1.54, 1.807) is 11.9 Å². The molecule has 1 aliphatic heterocycles. The van der Waals surface area contributed by atoms with Crippen LogP contribution in [0.2, 0.25) is 0 Å². The van der Waals surface area contributed by atoms with Gasteiger partial charge in [0.05, 0.1) is 0 Å². The number of carbonyl (C=O) groups is 2. The summed E-state index contributed by atoms with van der Waals surface area (Å²) < 4.78 is 0. The lowest BCUT2D eigenvalue weighted by molar-refractivity contribution is -0.132. The average molecular weight is 274 g/mol. The van der Waals surface area contributed by atoms with Crippen LogP contribution in [0.4, 0.5) is 10.5 Å². The normalized spacial score (nSPS) is 18.6. The SMILES string of the molecule is CC(C)C1(C(C)C)C(=O)N(C)C(=O)N1c1ccccc1. The minimum absolute atomic E-state index is 0.0316. The van der Waals surface area contributed by atoms with Gasteiger partial charge in [-0.25, -0.2) is 4.79 Å². The Kier molecular flexibility index (Phi) is 3.59. The zero-order valence-electron chi connectivity index (χ0n) is 12.8. The highest BCUT2D eigenvalue weighted by Crippen LogP contribution is 2.42. The lowest BCUT2D eigenvalue weighted by Gasteiger charge is -2.41. The Hall–Kier alpha value is -1.84. The molecule has 0 aliphatic carbocycles. The molecule has 4 heteroatoms. The van der Waals surface area contributed by atoms with Crippen LogP contribution in [-0.4, -0.2) is 29.4 Å². The molecule has 0 N–H and O–H groups in total. The smallest absolute Gasteiger partial charge is 0.278 e. The number of urea groups is 1. The number of para-hydroxylation sites is 1. The van der Waals surface area contributed by atoms with E-state index in [-0.39, 0.29) is 23.8 Å². The van der Waals surface area contributed by atoms with Crippen LogP contribution in [0.5, 0.6) is 0 Å².